The molecule has 1 aromatic carbocycles. The van der Waals surface area contributed by atoms with Gasteiger partial charge in [0.25, 0.3) is 0 Å². The summed E-state index contributed by atoms with van der Waals surface area (Å²) in [6, 6.07) is 8.59. The van der Waals surface area contributed by atoms with Crippen molar-refractivity contribution in [3.8, 4) is 0 Å². The summed E-state index contributed by atoms with van der Waals surface area (Å²) in [5.41, 5.74) is 8.19. The first kappa shape index (κ1) is 7.37. The van der Waals surface area contributed by atoms with Crippen molar-refractivity contribution in [3.05, 3.63) is 41.6 Å². The van der Waals surface area contributed by atoms with Crippen molar-refractivity contribution in [2.45, 2.75) is 6.04 Å². The minimum absolute atomic E-state index is 0.284. The molecule has 2 nitrogen and oxygen atoms in total. The standard InChI is InChI=1S/C10H12N2/c11-7-10-9-4-2-1-3-8(9)5-6-12-10/h1-6,10,12H,7,11H2. The van der Waals surface area contributed by atoms with Gasteiger partial charge in [-0.3, -0.25) is 0 Å². The van der Waals surface area contributed by atoms with Crippen LogP contribution in [0.3, 0.4) is 0 Å². The number of nitrogens with two attached hydrogens (primary N) is 1. The zero-order valence-corrected chi connectivity index (χ0v) is 6.83. The van der Waals surface area contributed by atoms with E-state index in [1.807, 2.05) is 18.3 Å². The van der Waals surface area contributed by atoms with Crippen LogP contribution >= 0.6 is 0 Å². The van der Waals surface area contributed by atoms with Crippen LogP contribution in [0.15, 0.2) is 30.5 Å². The molecule has 0 aromatic heterocycles. The van der Waals surface area contributed by atoms with Gasteiger partial charge in [-0.15, -0.1) is 0 Å². The van der Waals surface area contributed by atoms with E-state index < -0.39 is 0 Å². The Kier molecular flexibility index (Phi) is 1.84. The van der Waals surface area contributed by atoms with Crippen LogP contribution < -0.4 is 11.1 Å². The third kappa shape index (κ3) is 1.10. The topological polar surface area (TPSA) is 38.0 Å². The fourth-order valence-corrected chi connectivity index (χ4v) is 1.52. The highest BCUT2D eigenvalue weighted by Gasteiger charge is 2.12. The molecule has 1 aromatic rings. The van der Waals surface area contributed by atoms with E-state index in [1.165, 1.54) is 11.1 Å². The van der Waals surface area contributed by atoms with Crippen molar-refractivity contribution in [1.29, 1.82) is 0 Å². The maximum absolute atomic E-state index is 5.62. The van der Waals surface area contributed by atoms with Crippen LogP contribution in [0.25, 0.3) is 6.08 Å². The molecule has 0 fully saturated rings. The Bertz CT molecular complexity index is 304. The van der Waals surface area contributed by atoms with Gasteiger partial charge in [0.15, 0.2) is 0 Å². The number of fused-ring (bicyclic) bond motifs is 1. The fraction of sp³-hybridized carbons (Fsp3) is 0.200. The summed E-state index contributed by atoms with van der Waals surface area (Å²) in [4.78, 5) is 0. The van der Waals surface area contributed by atoms with Crippen LogP contribution in [0.1, 0.15) is 17.2 Å². The molecule has 0 bridgehead atoms. The second-order valence-electron chi connectivity index (χ2n) is 2.92. The molecule has 12 heavy (non-hydrogen) atoms. The lowest BCUT2D eigenvalue weighted by atomic mass is 9.98. The Morgan fingerprint density at radius 1 is 1.33 bits per heavy atom. The largest absolute Gasteiger partial charge is 0.383 e. The summed E-state index contributed by atoms with van der Waals surface area (Å²) in [7, 11) is 0. The van der Waals surface area contributed by atoms with Crippen LogP contribution in [0, 0.1) is 0 Å². The first-order valence-electron chi connectivity index (χ1n) is 4.13. The van der Waals surface area contributed by atoms with Crippen molar-refractivity contribution in [3.63, 3.8) is 0 Å². The highest BCUT2D eigenvalue weighted by molar-refractivity contribution is 5.56. The molecule has 0 saturated carbocycles. The van der Waals surface area contributed by atoms with Gasteiger partial charge in [0.2, 0.25) is 0 Å². The summed E-state index contributed by atoms with van der Waals surface area (Å²) in [6.07, 6.45) is 4.03. The molecule has 3 N–H and O–H groups in total. The molecular weight excluding hydrogens is 148 g/mol. The van der Waals surface area contributed by atoms with Crippen molar-refractivity contribution in [1.82, 2.24) is 5.32 Å². The SMILES string of the molecule is NCC1NC=Cc2ccccc21. The van der Waals surface area contributed by atoms with Crippen LogP contribution in [0.2, 0.25) is 0 Å². The fourth-order valence-electron chi connectivity index (χ4n) is 1.52. The second-order valence-corrected chi connectivity index (χ2v) is 2.92. The van der Waals surface area contributed by atoms with Crippen molar-refractivity contribution >= 4 is 6.08 Å². The molecule has 1 aliphatic rings. The highest BCUT2D eigenvalue weighted by atomic mass is 14.9. The van der Waals surface area contributed by atoms with Crippen molar-refractivity contribution in [2.24, 2.45) is 5.73 Å². The van der Waals surface area contributed by atoms with E-state index in [2.05, 4.69) is 23.5 Å². The number of benzene rings is 1. The van der Waals surface area contributed by atoms with Gasteiger partial charge in [-0.1, -0.05) is 24.3 Å². The lowest BCUT2D eigenvalue weighted by Gasteiger charge is -2.21. The number of nitrogens with one attached hydrogen (secondary N) is 1. The second kappa shape index (κ2) is 2.99. The lowest BCUT2D eigenvalue weighted by Crippen LogP contribution is -2.26. The summed E-state index contributed by atoms with van der Waals surface area (Å²) in [5.74, 6) is 0. The summed E-state index contributed by atoms with van der Waals surface area (Å²) in [6.45, 7) is 0.640. The predicted octanol–water partition coefficient (Wildman–Crippen LogP) is 1.26. The minimum atomic E-state index is 0.284. The van der Waals surface area contributed by atoms with Gasteiger partial charge >= 0.3 is 0 Å². The molecule has 1 aliphatic heterocycles. The highest BCUT2D eigenvalue weighted by Crippen LogP contribution is 2.21. The maximum atomic E-state index is 5.62. The van der Waals surface area contributed by atoms with Gasteiger partial charge < -0.3 is 11.1 Å². The van der Waals surface area contributed by atoms with E-state index in [0.29, 0.717) is 6.54 Å². The minimum Gasteiger partial charge on any atom is -0.383 e. The van der Waals surface area contributed by atoms with Gasteiger partial charge in [0.1, 0.15) is 0 Å². The molecule has 62 valence electrons. The van der Waals surface area contributed by atoms with Crippen LogP contribution in [-0.4, -0.2) is 6.54 Å². The molecule has 2 rings (SSSR count). The lowest BCUT2D eigenvalue weighted by molar-refractivity contribution is 0.627. The Balaban J connectivity index is 2.45. The van der Waals surface area contributed by atoms with E-state index in [-0.39, 0.29) is 6.04 Å². The summed E-state index contributed by atoms with van der Waals surface area (Å²) in [5, 5.41) is 3.22. The van der Waals surface area contributed by atoms with E-state index in [9.17, 15) is 0 Å². The predicted molar refractivity (Wildman–Crippen MR) is 50.4 cm³/mol. The van der Waals surface area contributed by atoms with Gasteiger partial charge in [-0.25, -0.2) is 0 Å². The van der Waals surface area contributed by atoms with Crippen LogP contribution in [0.5, 0.6) is 0 Å². The quantitative estimate of drug-likeness (QED) is 0.649. The molecule has 2 heteroatoms. The maximum Gasteiger partial charge on any atom is 0.0636 e. The molecule has 1 heterocycles. The zero-order valence-electron chi connectivity index (χ0n) is 6.83. The average molecular weight is 160 g/mol. The van der Waals surface area contributed by atoms with Crippen LogP contribution in [-0.2, 0) is 0 Å². The van der Waals surface area contributed by atoms with Gasteiger partial charge in [0, 0.05) is 6.54 Å². The third-order valence-electron chi connectivity index (χ3n) is 2.17. The Morgan fingerprint density at radius 3 is 3.00 bits per heavy atom. The Morgan fingerprint density at radius 2 is 2.17 bits per heavy atom. The van der Waals surface area contributed by atoms with Gasteiger partial charge in [-0.05, 0) is 23.4 Å². The zero-order chi connectivity index (χ0) is 8.39. The van der Waals surface area contributed by atoms with Gasteiger partial charge in [-0.2, -0.15) is 0 Å². The molecule has 0 aliphatic carbocycles. The molecule has 0 spiro atoms. The molecule has 0 amide bonds. The average Bonchev–Trinajstić information content (AvgIpc) is 2.17. The summed E-state index contributed by atoms with van der Waals surface area (Å²) >= 11 is 0. The Hall–Kier alpha value is -1.28. The first-order valence-corrected chi connectivity index (χ1v) is 4.13. The monoisotopic (exact) mass is 160 g/mol. The molecule has 1 unspecified atom stereocenters. The number of hydrogen-bond donors (Lipinski definition) is 2. The van der Waals surface area contributed by atoms with Crippen molar-refractivity contribution in [2.75, 3.05) is 6.54 Å². The Labute approximate surface area is 72.1 Å². The molecule has 0 radical (unpaired) electrons. The van der Waals surface area contributed by atoms with Gasteiger partial charge in [0.05, 0.1) is 6.04 Å². The van der Waals surface area contributed by atoms with E-state index in [0.717, 1.165) is 0 Å². The third-order valence-corrected chi connectivity index (χ3v) is 2.17. The number of rotatable bonds is 1. The molecule has 1 atom stereocenters. The normalized spacial score (nSPS) is 19.9. The van der Waals surface area contributed by atoms with E-state index >= 15 is 0 Å². The smallest absolute Gasteiger partial charge is 0.0636 e. The van der Waals surface area contributed by atoms with Crippen molar-refractivity contribution < 1.29 is 0 Å². The summed E-state index contributed by atoms with van der Waals surface area (Å²) < 4.78 is 0. The van der Waals surface area contributed by atoms with Crippen LogP contribution in [0.4, 0.5) is 0 Å². The molecule has 0 saturated heterocycles. The first-order chi connectivity index (χ1) is 5.92. The van der Waals surface area contributed by atoms with E-state index in [1.54, 1.807) is 0 Å². The van der Waals surface area contributed by atoms with E-state index in [4.69, 9.17) is 5.73 Å². The molecular formula is C10H12N2. The number of hydrogen-bond acceptors (Lipinski definition) is 2.